The molecule has 2 rings (SSSR count). The Kier molecular flexibility index (Phi) is 14.1. The maximum absolute atomic E-state index is 2.43. The molecule has 0 unspecified atom stereocenters. The molecular formula is C30H46. The van der Waals surface area contributed by atoms with E-state index >= 15 is 0 Å². The first kappa shape index (κ1) is 24.7. The smallest absolute Gasteiger partial charge is 0.0152 e. The van der Waals surface area contributed by atoms with E-state index in [0.29, 0.717) is 0 Å². The van der Waals surface area contributed by atoms with E-state index in [4.69, 9.17) is 0 Å². The second kappa shape index (κ2) is 17.2. The van der Waals surface area contributed by atoms with Gasteiger partial charge in [0.2, 0.25) is 0 Å². The highest BCUT2D eigenvalue weighted by Gasteiger charge is 2.00. The number of aryl methyl sites for hydroxylation is 1. The van der Waals surface area contributed by atoms with Crippen LogP contribution in [0.3, 0.4) is 0 Å². The van der Waals surface area contributed by atoms with Crippen LogP contribution >= 0.6 is 0 Å². The van der Waals surface area contributed by atoms with E-state index < -0.39 is 0 Å². The SMILES string of the molecule is CCCCCCCCCCCC/C=C/CCCCCCc1cccc2ccccc12. The number of hydrogen-bond acceptors (Lipinski definition) is 0. The fraction of sp³-hybridized carbons (Fsp3) is 0.600. The van der Waals surface area contributed by atoms with Gasteiger partial charge in [-0.3, -0.25) is 0 Å². The van der Waals surface area contributed by atoms with E-state index in [1.165, 1.54) is 125 Å². The maximum atomic E-state index is 2.43. The Bertz CT molecular complexity index is 676. The molecule has 0 saturated heterocycles. The highest BCUT2D eigenvalue weighted by Crippen LogP contribution is 2.20. The summed E-state index contributed by atoms with van der Waals surface area (Å²) in [7, 11) is 0. The summed E-state index contributed by atoms with van der Waals surface area (Å²) in [5.74, 6) is 0. The Balaban J connectivity index is 1.37. The van der Waals surface area contributed by atoms with Crippen LogP contribution in [0.4, 0.5) is 0 Å². The van der Waals surface area contributed by atoms with Gasteiger partial charge in [0.05, 0.1) is 0 Å². The highest BCUT2D eigenvalue weighted by molar-refractivity contribution is 5.85. The lowest BCUT2D eigenvalue weighted by atomic mass is 9.99. The monoisotopic (exact) mass is 406 g/mol. The second-order valence-electron chi connectivity index (χ2n) is 9.03. The van der Waals surface area contributed by atoms with Crippen LogP contribution in [0.5, 0.6) is 0 Å². The zero-order chi connectivity index (χ0) is 21.1. The molecule has 0 bridgehead atoms. The van der Waals surface area contributed by atoms with Crippen LogP contribution in [0.25, 0.3) is 10.8 Å². The second-order valence-corrected chi connectivity index (χ2v) is 9.03. The normalized spacial score (nSPS) is 11.6. The van der Waals surface area contributed by atoms with Crippen molar-refractivity contribution in [3.8, 4) is 0 Å². The van der Waals surface area contributed by atoms with E-state index in [1.807, 2.05) is 0 Å². The summed E-state index contributed by atoms with van der Waals surface area (Å²) in [5, 5.41) is 2.82. The third-order valence-corrected chi connectivity index (χ3v) is 6.34. The number of allylic oxidation sites excluding steroid dienone is 2. The Hall–Kier alpha value is -1.56. The van der Waals surface area contributed by atoms with Crippen LogP contribution in [-0.2, 0) is 6.42 Å². The first-order chi connectivity index (χ1) is 14.9. The predicted molar refractivity (Wildman–Crippen MR) is 136 cm³/mol. The van der Waals surface area contributed by atoms with Crippen molar-refractivity contribution in [3.05, 3.63) is 60.2 Å². The minimum Gasteiger partial charge on any atom is -0.0885 e. The van der Waals surface area contributed by atoms with Crippen molar-refractivity contribution in [1.82, 2.24) is 0 Å². The molecule has 0 aliphatic carbocycles. The molecule has 0 heteroatoms. The van der Waals surface area contributed by atoms with Crippen molar-refractivity contribution < 1.29 is 0 Å². The molecule has 0 spiro atoms. The summed E-state index contributed by atoms with van der Waals surface area (Å²) in [6, 6.07) is 15.5. The molecule has 0 heterocycles. The van der Waals surface area contributed by atoms with Crippen LogP contribution in [-0.4, -0.2) is 0 Å². The molecule has 2 aromatic carbocycles. The predicted octanol–water partition coefficient (Wildman–Crippen LogP) is 10.2. The molecular weight excluding hydrogens is 360 g/mol. The number of hydrogen-bond donors (Lipinski definition) is 0. The standard InChI is InChI=1S/C30H46/c1-2-3-4-5-6-7-8-9-10-11-12-13-14-15-16-17-18-19-23-28-25-22-26-29-24-20-21-27-30(28)29/h13-14,20-22,24-27H,2-12,15-19,23H2,1H3/b14-13+. The van der Waals surface area contributed by atoms with Crippen molar-refractivity contribution in [2.24, 2.45) is 0 Å². The largest absolute Gasteiger partial charge is 0.0885 e. The molecule has 0 radical (unpaired) electrons. The Labute approximate surface area is 187 Å². The molecule has 0 aromatic heterocycles. The molecule has 30 heavy (non-hydrogen) atoms. The minimum atomic E-state index is 1.22. The molecule has 0 saturated carbocycles. The summed E-state index contributed by atoms with van der Waals surface area (Å²) < 4.78 is 0. The number of benzene rings is 2. The van der Waals surface area contributed by atoms with Crippen LogP contribution in [0.2, 0.25) is 0 Å². The van der Waals surface area contributed by atoms with E-state index in [1.54, 1.807) is 0 Å². The van der Waals surface area contributed by atoms with E-state index in [-0.39, 0.29) is 0 Å². The topological polar surface area (TPSA) is 0 Å². The van der Waals surface area contributed by atoms with E-state index in [2.05, 4.69) is 61.5 Å². The van der Waals surface area contributed by atoms with Gasteiger partial charge in [-0.15, -0.1) is 0 Å². The Morgan fingerprint density at radius 2 is 1.07 bits per heavy atom. The van der Waals surface area contributed by atoms with Gasteiger partial charge in [0.15, 0.2) is 0 Å². The van der Waals surface area contributed by atoms with Gasteiger partial charge in [-0.1, -0.05) is 132 Å². The first-order valence-electron chi connectivity index (χ1n) is 13.0. The summed E-state index contributed by atoms with van der Waals surface area (Å²) >= 11 is 0. The molecule has 166 valence electrons. The van der Waals surface area contributed by atoms with Crippen molar-refractivity contribution in [2.45, 2.75) is 116 Å². The van der Waals surface area contributed by atoms with Crippen molar-refractivity contribution in [1.29, 1.82) is 0 Å². The molecule has 0 fully saturated rings. The third-order valence-electron chi connectivity index (χ3n) is 6.34. The van der Waals surface area contributed by atoms with Gasteiger partial charge in [0.1, 0.15) is 0 Å². The molecule has 0 atom stereocenters. The van der Waals surface area contributed by atoms with E-state index in [9.17, 15) is 0 Å². The van der Waals surface area contributed by atoms with E-state index in [0.717, 1.165) is 0 Å². The van der Waals surface area contributed by atoms with Gasteiger partial charge < -0.3 is 0 Å². The van der Waals surface area contributed by atoms with Crippen molar-refractivity contribution in [3.63, 3.8) is 0 Å². The van der Waals surface area contributed by atoms with Gasteiger partial charge >= 0.3 is 0 Å². The lowest BCUT2D eigenvalue weighted by molar-refractivity contribution is 0.557. The van der Waals surface area contributed by atoms with Gasteiger partial charge in [-0.25, -0.2) is 0 Å². The van der Waals surface area contributed by atoms with Gasteiger partial charge in [-0.2, -0.15) is 0 Å². The summed E-state index contributed by atoms with van der Waals surface area (Å²) in [5.41, 5.74) is 1.52. The number of fused-ring (bicyclic) bond motifs is 1. The lowest BCUT2D eigenvalue weighted by Crippen LogP contribution is -1.88. The van der Waals surface area contributed by atoms with Gasteiger partial charge in [0.25, 0.3) is 0 Å². The fourth-order valence-electron chi connectivity index (χ4n) is 4.43. The number of unbranched alkanes of at least 4 members (excludes halogenated alkanes) is 14. The van der Waals surface area contributed by atoms with Crippen molar-refractivity contribution in [2.75, 3.05) is 0 Å². The molecule has 0 nitrogen and oxygen atoms in total. The Morgan fingerprint density at radius 3 is 1.73 bits per heavy atom. The molecule has 2 aromatic rings. The molecule has 0 N–H and O–H groups in total. The van der Waals surface area contributed by atoms with Crippen molar-refractivity contribution >= 4 is 10.8 Å². The average molecular weight is 407 g/mol. The Morgan fingerprint density at radius 1 is 0.533 bits per heavy atom. The summed E-state index contributed by atoms with van der Waals surface area (Å²) in [6.45, 7) is 2.29. The number of rotatable bonds is 18. The van der Waals surface area contributed by atoms with Crippen LogP contribution in [0, 0.1) is 0 Å². The zero-order valence-electron chi connectivity index (χ0n) is 19.7. The van der Waals surface area contributed by atoms with Crippen LogP contribution in [0.15, 0.2) is 54.6 Å². The maximum Gasteiger partial charge on any atom is -0.0152 e. The molecule has 0 aliphatic rings. The third kappa shape index (κ3) is 11.0. The van der Waals surface area contributed by atoms with Gasteiger partial charge in [0, 0.05) is 0 Å². The minimum absolute atomic E-state index is 1.22. The first-order valence-corrected chi connectivity index (χ1v) is 13.0. The summed E-state index contributed by atoms with van der Waals surface area (Å²) in [4.78, 5) is 0. The molecule has 0 amide bonds. The highest BCUT2D eigenvalue weighted by atomic mass is 14.0. The fourth-order valence-corrected chi connectivity index (χ4v) is 4.43. The average Bonchev–Trinajstić information content (AvgIpc) is 2.78. The zero-order valence-corrected chi connectivity index (χ0v) is 19.7. The van der Waals surface area contributed by atoms with Crippen LogP contribution in [0.1, 0.15) is 115 Å². The summed E-state index contributed by atoms with van der Waals surface area (Å²) in [6.07, 6.45) is 28.4. The van der Waals surface area contributed by atoms with Gasteiger partial charge in [-0.05, 0) is 54.9 Å². The molecule has 0 aliphatic heterocycles. The van der Waals surface area contributed by atoms with Crippen LogP contribution < -0.4 is 0 Å². The quantitative estimate of drug-likeness (QED) is 0.170. The lowest BCUT2D eigenvalue weighted by Gasteiger charge is -2.06.